The number of nitrogens with one attached hydrogen (secondary N) is 2. The second-order valence-corrected chi connectivity index (χ2v) is 6.03. The molecule has 3 aromatic rings. The number of non-ortho nitro benzene ring substituents is 1. The van der Waals surface area contributed by atoms with Crippen LogP contribution in [0, 0.1) is 15.9 Å². The number of rotatable bonds is 6. The van der Waals surface area contributed by atoms with Gasteiger partial charge >= 0.3 is 0 Å². The Balaban J connectivity index is 1.59. The van der Waals surface area contributed by atoms with Crippen LogP contribution in [0.5, 0.6) is 0 Å². The fourth-order valence-corrected chi connectivity index (χ4v) is 2.71. The van der Waals surface area contributed by atoms with E-state index in [9.17, 15) is 19.3 Å². The van der Waals surface area contributed by atoms with Crippen molar-refractivity contribution in [1.82, 2.24) is 15.2 Å². The number of carbonyl (C=O) groups is 1. The Labute approximate surface area is 151 Å². The molecule has 0 spiro atoms. The number of nitrogens with zero attached hydrogens (tertiary/aromatic N) is 3. The quantitative estimate of drug-likeness (QED) is 0.389. The van der Waals surface area contributed by atoms with E-state index in [4.69, 9.17) is 0 Å². The largest absolute Gasteiger partial charge is 0.325 e. The standard InChI is InChI=1S/C16H12FN5O3S/c17-13-7-2-1-6-12(13)15-19-16(21-20-15)26-9-14(23)18-10-4-3-5-11(8-10)22(24)25/h1-8H,9H2,(H,18,23)(H,19,20,21). The Hall–Kier alpha value is -3.27. The van der Waals surface area contributed by atoms with Gasteiger partial charge in [0, 0.05) is 17.8 Å². The number of aromatic amines is 1. The van der Waals surface area contributed by atoms with Crippen LogP contribution in [-0.2, 0) is 4.79 Å². The van der Waals surface area contributed by atoms with Crippen LogP contribution in [0.1, 0.15) is 0 Å². The maximum Gasteiger partial charge on any atom is 0.271 e. The fourth-order valence-electron chi connectivity index (χ4n) is 2.11. The molecule has 10 heteroatoms. The second kappa shape index (κ2) is 7.74. The highest BCUT2D eigenvalue weighted by molar-refractivity contribution is 7.99. The normalized spacial score (nSPS) is 10.5. The molecule has 0 unspecified atom stereocenters. The summed E-state index contributed by atoms with van der Waals surface area (Å²) in [6.45, 7) is 0. The summed E-state index contributed by atoms with van der Waals surface area (Å²) in [5, 5.41) is 20.2. The number of benzene rings is 2. The Bertz CT molecular complexity index is 962. The van der Waals surface area contributed by atoms with Crippen LogP contribution in [-0.4, -0.2) is 31.8 Å². The van der Waals surface area contributed by atoms with Crippen LogP contribution < -0.4 is 5.32 Å². The number of hydrogen-bond acceptors (Lipinski definition) is 6. The molecule has 26 heavy (non-hydrogen) atoms. The van der Waals surface area contributed by atoms with E-state index in [0.29, 0.717) is 5.69 Å². The topological polar surface area (TPSA) is 114 Å². The number of carbonyl (C=O) groups excluding carboxylic acids is 1. The summed E-state index contributed by atoms with van der Waals surface area (Å²) >= 11 is 1.06. The summed E-state index contributed by atoms with van der Waals surface area (Å²) in [7, 11) is 0. The van der Waals surface area contributed by atoms with Gasteiger partial charge in [-0.3, -0.25) is 20.0 Å². The third-order valence-electron chi connectivity index (χ3n) is 3.27. The van der Waals surface area contributed by atoms with Crippen molar-refractivity contribution in [3.63, 3.8) is 0 Å². The van der Waals surface area contributed by atoms with Crippen LogP contribution in [0.2, 0.25) is 0 Å². The monoisotopic (exact) mass is 373 g/mol. The maximum absolute atomic E-state index is 13.7. The molecule has 1 heterocycles. The van der Waals surface area contributed by atoms with Gasteiger partial charge in [0.05, 0.1) is 16.2 Å². The molecule has 0 aliphatic carbocycles. The SMILES string of the molecule is O=C(CSc1n[nH]c(-c2ccccc2F)n1)Nc1cccc([N+](=O)[O-])c1. The number of amides is 1. The smallest absolute Gasteiger partial charge is 0.271 e. The highest BCUT2D eigenvalue weighted by Crippen LogP contribution is 2.22. The molecule has 3 rings (SSSR count). The van der Waals surface area contributed by atoms with Crippen molar-refractivity contribution in [2.45, 2.75) is 5.16 Å². The summed E-state index contributed by atoms with van der Waals surface area (Å²) in [6, 6.07) is 11.8. The molecule has 0 aliphatic rings. The minimum absolute atomic E-state index is 0.00272. The average Bonchev–Trinajstić information content (AvgIpc) is 3.09. The Morgan fingerprint density at radius 2 is 2.08 bits per heavy atom. The molecular formula is C16H12FN5O3S. The van der Waals surface area contributed by atoms with Gasteiger partial charge in [-0.05, 0) is 18.2 Å². The molecule has 0 saturated heterocycles. The summed E-state index contributed by atoms with van der Waals surface area (Å²) in [4.78, 5) is 26.3. The van der Waals surface area contributed by atoms with E-state index in [-0.39, 0.29) is 33.9 Å². The molecule has 0 atom stereocenters. The van der Waals surface area contributed by atoms with Gasteiger partial charge in [0.15, 0.2) is 5.82 Å². The number of anilines is 1. The third kappa shape index (κ3) is 4.22. The highest BCUT2D eigenvalue weighted by Gasteiger charge is 2.12. The van der Waals surface area contributed by atoms with Crippen molar-refractivity contribution in [1.29, 1.82) is 0 Å². The van der Waals surface area contributed by atoms with E-state index in [2.05, 4.69) is 20.5 Å². The van der Waals surface area contributed by atoms with Crippen LogP contribution >= 0.6 is 11.8 Å². The summed E-state index contributed by atoms with van der Waals surface area (Å²) in [5.74, 6) is -0.530. The zero-order valence-electron chi connectivity index (χ0n) is 13.2. The average molecular weight is 373 g/mol. The molecule has 132 valence electrons. The van der Waals surface area contributed by atoms with Gasteiger partial charge in [0.2, 0.25) is 11.1 Å². The summed E-state index contributed by atoms with van der Waals surface area (Å²) in [5.41, 5.74) is 0.499. The first kappa shape index (κ1) is 17.5. The molecule has 2 N–H and O–H groups in total. The number of H-pyrrole nitrogens is 1. The summed E-state index contributed by atoms with van der Waals surface area (Å²) < 4.78 is 13.7. The molecule has 2 aromatic carbocycles. The van der Waals surface area contributed by atoms with Crippen molar-refractivity contribution >= 4 is 29.0 Å². The van der Waals surface area contributed by atoms with Crippen LogP contribution in [0.3, 0.4) is 0 Å². The predicted molar refractivity (Wildman–Crippen MR) is 94.2 cm³/mol. The molecule has 0 bridgehead atoms. The second-order valence-electron chi connectivity index (χ2n) is 5.09. The molecule has 1 amide bonds. The van der Waals surface area contributed by atoms with Crippen molar-refractivity contribution in [2.75, 3.05) is 11.1 Å². The first-order chi connectivity index (χ1) is 12.5. The lowest BCUT2D eigenvalue weighted by atomic mass is 10.2. The van der Waals surface area contributed by atoms with E-state index in [0.717, 1.165) is 11.8 Å². The van der Waals surface area contributed by atoms with E-state index in [1.54, 1.807) is 24.3 Å². The number of hydrogen-bond donors (Lipinski definition) is 2. The minimum atomic E-state index is -0.539. The Morgan fingerprint density at radius 3 is 2.85 bits per heavy atom. The number of nitro groups is 1. The highest BCUT2D eigenvalue weighted by atomic mass is 32.2. The van der Waals surface area contributed by atoms with Crippen molar-refractivity contribution in [2.24, 2.45) is 0 Å². The lowest BCUT2D eigenvalue weighted by molar-refractivity contribution is -0.384. The van der Waals surface area contributed by atoms with Crippen molar-refractivity contribution < 1.29 is 14.1 Å². The third-order valence-corrected chi connectivity index (χ3v) is 4.11. The van der Waals surface area contributed by atoms with Gasteiger partial charge in [-0.1, -0.05) is 30.0 Å². The van der Waals surface area contributed by atoms with Crippen molar-refractivity contribution in [3.05, 3.63) is 64.5 Å². The predicted octanol–water partition coefficient (Wildman–Crippen LogP) is 3.25. The maximum atomic E-state index is 13.7. The van der Waals surface area contributed by atoms with E-state index >= 15 is 0 Å². The van der Waals surface area contributed by atoms with E-state index in [1.165, 1.54) is 24.3 Å². The molecular weight excluding hydrogens is 361 g/mol. The lowest BCUT2D eigenvalue weighted by Crippen LogP contribution is -2.14. The zero-order valence-corrected chi connectivity index (χ0v) is 14.0. The number of thioether (sulfide) groups is 1. The summed E-state index contributed by atoms with van der Waals surface area (Å²) in [6.07, 6.45) is 0. The van der Waals surface area contributed by atoms with E-state index in [1.807, 2.05) is 0 Å². The van der Waals surface area contributed by atoms with Gasteiger partial charge < -0.3 is 5.32 Å². The van der Waals surface area contributed by atoms with Crippen molar-refractivity contribution in [3.8, 4) is 11.4 Å². The Morgan fingerprint density at radius 1 is 1.27 bits per heavy atom. The number of aromatic nitrogens is 3. The van der Waals surface area contributed by atoms with E-state index < -0.39 is 10.7 Å². The van der Waals surface area contributed by atoms with Gasteiger partial charge in [-0.2, -0.15) is 0 Å². The Kier molecular flexibility index (Phi) is 5.23. The van der Waals surface area contributed by atoms with Crippen LogP contribution in [0.15, 0.2) is 53.7 Å². The molecule has 0 saturated carbocycles. The van der Waals surface area contributed by atoms with Crippen LogP contribution in [0.25, 0.3) is 11.4 Å². The first-order valence-electron chi connectivity index (χ1n) is 7.37. The number of halogens is 1. The lowest BCUT2D eigenvalue weighted by Gasteiger charge is -2.03. The molecule has 0 fully saturated rings. The molecule has 1 aromatic heterocycles. The first-order valence-corrected chi connectivity index (χ1v) is 8.36. The fraction of sp³-hybridized carbons (Fsp3) is 0.0625. The van der Waals surface area contributed by atoms with Gasteiger partial charge in [-0.25, -0.2) is 9.37 Å². The van der Waals surface area contributed by atoms with Gasteiger partial charge in [0.25, 0.3) is 5.69 Å². The molecule has 8 nitrogen and oxygen atoms in total. The molecule has 0 radical (unpaired) electrons. The zero-order chi connectivity index (χ0) is 18.5. The number of nitro benzene ring substituents is 1. The van der Waals surface area contributed by atoms with Gasteiger partial charge in [0.1, 0.15) is 5.82 Å². The minimum Gasteiger partial charge on any atom is -0.325 e. The van der Waals surface area contributed by atoms with Gasteiger partial charge in [-0.15, -0.1) is 5.10 Å². The van der Waals surface area contributed by atoms with Crippen LogP contribution in [0.4, 0.5) is 15.8 Å². The molecule has 0 aliphatic heterocycles.